The molecule has 0 aromatic carbocycles. The molecule has 2 aromatic heterocycles. The van der Waals surface area contributed by atoms with Crippen LogP contribution in [0.25, 0.3) is 10.8 Å². The van der Waals surface area contributed by atoms with Crippen LogP contribution in [0.5, 0.6) is 0 Å². The Labute approximate surface area is 115 Å². The normalized spacial score (nSPS) is 12.0. The van der Waals surface area contributed by atoms with E-state index in [2.05, 4.69) is 30.9 Å². The first-order chi connectivity index (χ1) is 8.35. The fraction of sp³-hybridized carbons (Fsp3) is 0.500. The summed E-state index contributed by atoms with van der Waals surface area (Å²) in [6.45, 7) is 8.50. The Morgan fingerprint density at radius 2 is 2.17 bits per heavy atom. The van der Waals surface area contributed by atoms with E-state index in [4.69, 9.17) is 10.3 Å². The van der Waals surface area contributed by atoms with E-state index in [1.54, 1.807) is 11.8 Å². The Morgan fingerprint density at radius 1 is 1.44 bits per heavy atom. The second-order valence-electron chi connectivity index (χ2n) is 5.08. The zero-order valence-corrected chi connectivity index (χ0v) is 12.6. The maximum atomic E-state index is 5.76. The van der Waals surface area contributed by atoms with Crippen LogP contribution in [-0.4, -0.2) is 14.9 Å². The maximum Gasteiger partial charge on any atom is 0.268 e. The van der Waals surface area contributed by atoms with Gasteiger partial charge in [0.25, 0.3) is 5.89 Å². The molecule has 0 fully saturated rings. The highest BCUT2D eigenvalue weighted by Gasteiger charge is 2.16. The molecule has 0 aliphatic rings. The Balaban J connectivity index is 2.13. The van der Waals surface area contributed by atoms with Crippen molar-refractivity contribution in [1.82, 2.24) is 10.1 Å². The van der Waals surface area contributed by atoms with Crippen LogP contribution in [0.3, 0.4) is 0 Å². The fourth-order valence-electron chi connectivity index (χ4n) is 1.40. The number of nitrogens with two attached hydrogens (primary N) is 1. The molecule has 6 heteroatoms. The zero-order chi connectivity index (χ0) is 13.3. The molecule has 98 valence electrons. The van der Waals surface area contributed by atoms with Crippen LogP contribution in [-0.2, 0) is 5.75 Å². The number of thioether (sulfide) groups is 1. The summed E-state index contributed by atoms with van der Waals surface area (Å²) in [7, 11) is 0. The molecule has 0 aliphatic heterocycles. The Bertz CT molecular complexity index is 540. The van der Waals surface area contributed by atoms with E-state index >= 15 is 0 Å². The molecule has 2 heterocycles. The lowest BCUT2D eigenvalue weighted by molar-refractivity contribution is 0.425. The van der Waals surface area contributed by atoms with Crippen LogP contribution in [0.4, 0.5) is 5.00 Å². The third-order valence-corrected chi connectivity index (χ3v) is 4.56. The van der Waals surface area contributed by atoms with E-state index in [-0.39, 0.29) is 4.75 Å². The molecule has 0 spiro atoms. The van der Waals surface area contributed by atoms with Crippen molar-refractivity contribution in [2.24, 2.45) is 0 Å². The number of hydrogen-bond acceptors (Lipinski definition) is 6. The van der Waals surface area contributed by atoms with Gasteiger partial charge in [0, 0.05) is 4.75 Å². The Kier molecular flexibility index (Phi) is 3.68. The number of nitrogen functional groups attached to an aromatic ring is 1. The first kappa shape index (κ1) is 13.4. The second-order valence-corrected chi connectivity index (χ2v) is 7.96. The van der Waals surface area contributed by atoms with Gasteiger partial charge in [0.2, 0.25) is 0 Å². The molecule has 0 unspecified atom stereocenters. The smallest absolute Gasteiger partial charge is 0.268 e. The van der Waals surface area contributed by atoms with E-state index in [1.165, 1.54) is 11.3 Å². The quantitative estimate of drug-likeness (QED) is 0.930. The first-order valence-electron chi connectivity index (χ1n) is 5.68. The SMILES string of the molecule is Cc1cc(N)sc1-c1nc(CSC(C)(C)C)no1. The molecular weight excluding hydrogens is 266 g/mol. The van der Waals surface area contributed by atoms with Crippen LogP contribution < -0.4 is 5.73 Å². The largest absolute Gasteiger partial charge is 0.391 e. The minimum absolute atomic E-state index is 0.198. The molecule has 2 N–H and O–H groups in total. The molecular formula is C12H17N3OS2. The second kappa shape index (κ2) is 4.93. The van der Waals surface area contributed by atoms with Crippen LogP contribution in [0, 0.1) is 6.92 Å². The van der Waals surface area contributed by atoms with Crippen molar-refractivity contribution in [3.05, 3.63) is 17.5 Å². The van der Waals surface area contributed by atoms with E-state index in [0.717, 1.165) is 27.0 Å². The van der Waals surface area contributed by atoms with Crippen molar-refractivity contribution in [3.63, 3.8) is 0 Å². The van der Waals surface area contributed by atoms with Crippen molar-refractivity contribution in [1.29, 1.82) is 0 Å². The predicted octanol–water partition coefficient (Wildman–Crippen LogP) is 3.72. The number of hydrogen-bond donors (Lipinski definition) is 1. The standard InChI is InChI=1S/C12H17N3OS2/c1-7-5-8(13)18-10(7)11-14-9(15-16-11)6-17-12(2,3)4/h5H,6,13H2,1-4H3. The highest BCUT2D eigenvalue weighted by molar-refractivity contribution is 7.99. The lowest BCUT2D eigenvalue weighted by Crippen LogP contribution is -2.07. The number of nitrogens with zero attached hydrogens (tertiary/aromatic N) is 2. The predicted molar refractivity (Wildman–Crippen MR) is 77.8 cm³/mol. The molecule has 0 aliphatic carbocycles. The summed E-state index contributed by atoms with van der Waals surface area (Å²) in [5.41, 5.74) is 6.84. The third-order valence-electron chi connectivity index (χ3n) is 2.23. The van der Waals surface area contributed by atoms with Crippen LogP contribution in [0.1, 0.15) is 32.2 Å². The van der Waals surface area contributed by atoms with Crippen molar-refractivity contribution in [2.75, 3.05) is 5.73 Å². The van der Waals surface area contributed by atoms with Gasteiger partial charge in [-0.3, -0.25) is 0 Å². The van der Waals surface area contributed by atoms with E-state index in [0.29, 0.717) is 5.89 Å². The summed E-state index contributed by atoms with van der Waals surface area (Å²) < 4.78 is 5.49. The van der Waals surface area contributed by atoms with Gasteiger partial charge in [-0.15, -0.1) is 23.1 Å². The summed E-state index contributed by atoms with van der Waals surface area (Å²) in [5.74, 6) is 2.06. The maximum absolute atomic E-state index is 5.76. The number of aromatic nitrogens is 2. The molecule has 18 heavy (non-hydrogen) atoms. The van der Waals surface area contributed by atoms with E-state index in [1.807, 2.05) is 13.0 Å². The van der Waals surface area contributed by atoms with Crippen LogP contribution in [0.2, 0.25) is 0 Å². The third kappa shape index (κ3) is 3.26. The van der Waals surface area contributed by atoms with Crippen molar-refractivity contribution in [2.45, 2.75) is 38.2 Å². The van der Waals surface area contributed by atoms with Crippen molar-refractivity contribution < 1.29 is 4.52 Å². The summed E-state index contributed by atoms with van der Waals surface area (Å²) in [6.07, 6.45) is 0. The average Bonchev–Trinajstić information content (AvgIpc) is 2.81. The molecule has 4 nitrogen and oxygen atoms in total. The van der Waals surface area contributed by atoms with Crippen LogP contribution in [0.15, 0.2) is 10.6 Å². The molecule has 0 saturated carbocycles. The van der Waals surface area contributed by atoms with Gasteiger partial charge in [-0.05, 0) is 18.6 Å². The van der Waals surface area contributed by atoms with E-state index in [9.17, 15) is 0 Å². The molecule has 0 atom stereocenters. The van der Waals surface area contributed by atoms with Gasteiger partial charge in [-0.25, -0.2) is 0 Å². The van der Waals surface area contributed by atoms with Gasteiger partial charge >= 0.3 is 0 Å². The molecule has 0 radical (unpaired) electrons. The number of aryl methyl sites for hydroxylation is 1. The summed E-state index contributed by atoms with van der Waals surface area (Å²) in [5, 5.41) is 4.77. The highest BCUT2D eigenvalue weighted by Crippen LogP contribution is 2.33. The molecule has 2 aromatic rings. The lowest BCUT2D eigenvalue weighted by atomic mass is 10.3. The molecule has 0 saturated heterocycles. The zero-order valence-electron chi connectivity index (χ0n) is 11.0. The minimum Gasteiger partial charge on any atom is -0.391 e. The number of thiophene rings is 1. The Hall–Kier alpha value is -1.01. The fourth-order valence-corrected chi connectivity index (χ4v) is 2.95. The molecule has 0 bridgehead atoms. The van der Waals surface area contributed by atoms with Crippen molar-refractivity contribution >= 4 is 28.1 Å². The summed E-state index contributed by atoms with van der Waals surface area (Å²) in [4.78, 5) is 5.38. The van der Waals surface area contributed by atoms with Gasteiger partial charge in [0.1, 0.15) is 0 Å². The number of anilines is 1. The van der Waals surface area contributed by atoms with Crippen molar-refractivity contribution in [3.8, 4) is 10.8 Å². The van der Waals surface area contributed by atoms with Gasteiger partial charge in [-0.1, -0.05) is 25.9 Å². The molecule has 2 rings (SSSR count). The summed E-state index contributed by atoms with van der Waals surface area (Å²) >= 11 is 3.28. The number of rotatable bonds is 3. The lowest BCUT2D eigenvalue weighted by Gasteiger charge is -2.15. The van der Waals surface area contributed by atoms with Gasteiger partial charge in [-0.2, -0.15) is 4.98 Å². The van der Waals surface area contributed by atoms with Gasteiger partial charge in [0.05, 0.1) is 15.6 Å². The highest BCUT2D eigenvalue weighted by atomic mass is 32.2. The monoisotopic (exact) mass is 283 g/mol. The topological polar surface area (TPSA) is 64.9 Å². The van der Waals surface area contributed by atoms with E-state index < -0.39 is 0 Å². The summed E-state index contributed by atoms with van der Waals surface area (Å²) in [6, 6.07) is 1.92. The van der Waals surface area contributed by atoms with Gasteiger partial charge < -0.3 is 10.3 Å². The minimum atomic E-state index is 0.198. The van der Waals surface area contributed by atoms with Gasteiger partial charge in [0.15, 0.2) is 5.82 Å². The average molecular weight is 283 g/mol. The Morgan fingerprint density at radius 3 is 2.72 bits per heavy atom. The molecule has 0 amide bonds. The first-order valence-corrected chi connectivity index (χ1v) is 7.48. The van der Waals surface area contributed by atoms with Crippen LogP contribution >= 0.6 is 23.1 Å².